The minimum absolute atomic E-state index is 0.0289. The highest BCUT2D eigenvalue weighted by Gasteiger charge is 2.34. The van der Waals surface area contributed by atoms with Crippen LogP contribution in [0.3, 0.4) is 0 Å². The zero-order chi connectivity index (χ0) is 13.3. The summed E-state index contributed by atoms with van der Waals surface area (Å²) >= 11 is 6.00. The van der Waals surface area contributed by atoms with Crippen LogP contribution in [0.5, 0.6) is 0 Å². The van der Waals surface area contributed by atoms with Crippen LogP contribution in [0.2, 0.25) is 5.02 Å². The Morgan fingerprint density at radius 2 is 2.17 bits per heavy atom. The number of nitrogens with zero attached hydrogens (tertiary/aromatic N) is 2. The van der Waals surface area contributed by atoms with Crippen molar-refractivity contribution in [1.82, 2.24) is 5.01 Å². The smallest absolute Gasteiger partial charge is 0.248 e. The van der Waals surface area contributed by atoms with Crippen LogP contribution in [0.25, 0.3) is 0 Å². The lowest BCUT2D eigenvalue weighted by Gasteiger charge is -2.28. The van der Waals surface area contributed by atoms with E-state index >= 15 is 0 Å². The fraction of sp³-hybridized carbons (Fsp3) is 0.429. The average Bonchev–Trinajstić information content (AvgIpc) is 2.75. The fourth-order valence-electron chi connectivity index (χ4n) is 1.94. The van der Waals surface area contributed by atoms with Crippen molar-refractivity contribution < 1.29 is 4.79 Å². The first kappa shape index (κ1) is 13.1. The number of rotatable bonds is 1. The van der Waals surface area contributed by atoms with Gasteiger partial charge in [-0.25, -0.2) is 5.01 Å². The van der Waals surface area contributed by atoms with E-state index in [1.54, 1.807) is 11.2 Å². The van der Waals surface area contributed by atoms with Crippen molar-refractivity contribution in [2.45, 2.75) is 33.2 Å². The quantitative estimate of drug-likeness (QED) is 0.762. The van der Waals surface area contributed by atoms with Gasteiger partial charge in [-0.1, -0.05) is 44.5 Å². The van der Waals surface area contributed by atoms with E-state index in [1.165, 1.54) is 0 Å². The predicted molar refractivity (Wildman–Crippen MR) is 73.6 cm³/mol. The summed E-state index contributed by atoms with van der Waals surface area (Å²) in [4.78, 5) is 12.3. The van der Waals surface area contributed by atoms with Crippen LogP contribution in [0, 0.1) is 5.41 Å². The summed E-state index contributed by atoms with van der Waals surface area (Å²) in [5, 5.41) is 6.46. The highest BCUT2D eigenvalue weighted by molar-refractivity contribution is 6.30. The molecule has 1 heterocycles. The van der Waals surface area contributed by atoms with Gasteiger partial charge in [-0.15, -0.1) is 0 Å². The van der Waals surface area contributed by atoms with Crippen molar-refractivity contribution in [2.24, 2.45) is 10.5 Å². The number of halogens is 1. The predicted octanol–water partition coefficient (Wildman–Crippen LogP) is 3.65. The molecule has 1 aliphatic heterocycles. The molecule has 0 fully saturated rings. The molecule has 0 bridgehead atoms. The number of benzene rings is 1. The van der Waals surface area contributed by atoms with Crippen LogP contribution in [-0.4, -0.2) is 17.1 Å². The number of hydrazone groups is 1. The normalized spacial score (nSPS) is 19.3. The largest absolute Gasteiger partial charge is 0.272 e. The Bertz CT molecular complexity index is 491. The van der Waals surface area contributed by atoms with Gasteiger partial charge in [0.15, 0.2) is 0 Å². The van der Waals surface area contributed by atoms with Gasteiger partial charge in [0.2, 0.25) is 5.91 Å². The summed E-state index contributed by atoms with van der Waals surface area (Å²) in [6, 6.07) is 7.57. The van der Waals surface area contributed by atoms with E-state index in [-0.39, 0.29) is 11.9 Å². The molecule has 1 aliphatic rings. The molecule has 0 N–H and O–H groups in total. The van der Waals surface area contributed by atoms with Crippen LogP contribution < -0.4 is 0 Å². The Morgan fingerprint density at radius 3 is 2.78 bits per heavy atom. The molecule has 1 aromatic rings. The first-order valence-corrected chi connectivity index (χ1v) is 6.39. The molecule has 0 aromatic heterocycles. The molecule has 1 atom stereocenters. The summed E-state index contributed by atoms with van der Waals surface area (Å²) in [7, 11) is 0. The summed E-state index contributed by atoms with van der Waals surface area (Å²) in [5.41, 5.74) is 0.594. The second kappa shape index (κ2) is 4.73. The molecule has 0 spiro atoms. The van der Waals surface area contributed by atoms with Gasteiger partial charge in [-0.05, 0) is 17.7 Å². The third-order valence-electron chi connectivity index (χ3n) is 2.91. The van der Waals surface area contributed by atoms with Gasteiger partial charge in [0.05, 0.1) is 6.04 Å². The molecule has 0 saturated carbocycles. The van der Waals surface area contributed by atoms with Gasteiger partial charge in [0.1, 0.15) is 0 Å². The van der Waals surface area contributed by atoms with E-state index < -0.39 is 5.41 Å². The molecule has 1 aromatic carbocycles. The molecule has 2 rings (SSSR count). The number of hydrogen-bond donors (Lipinski definition) is 0. The summed E-state index contributed by atoms with van der Waals surface area (Å²) in [6.07, 6.45) is 2.53. The Kier molecular flexibility index (Phi) is 3.44. The minimum Gasteiger partial charge on any atom is -0.272 e. The number of hydrogen-bond acceptors (Lipinski definition) is 2. The zero-order valence-corrected chi connectivity index (χ0v) is 11.6. The molecule has 96 valence electrons. The molecule has 0 aliphatic carbocycles. The van der Waals surface area contributed by atoms with E-state index in [4.69, 9.17) is 11.6 Å². The SMILES string of the molecule is CC(C)(C)C(=O)N1N=CCC1c1cccc(Cl)c1. The van der Waals surface area contributed by atoms with Crippen LogP contribution in [0.4, 0.5) is 0 Å². The lowest BCUT2D eigenvalue weighted by Crippen LogP contribution is -2.36. The van der Waals surface area contributed by atoms with Gasteiger partial charge in [0, 0.05) is 23.1 Å². The monoisotopic (exact) mass is 264 g/mol. The molecular formula is C14H17ClN2O. The third-order valence-corrected chi connectivity index (χ3v) is 3.15. The van der Waals surface area contributed by atoms with Crippen molar-refractivity contribution in [1.29, 1.82) is 0 Å². The average molecular weight is 265 g/mol. The van der Waals surface area contributed by atoms with Crippen LogP contribution >= 0.6 is 11.6 Å². The first-order chi connectivity index (χ1) is 8.39. The maximum Gasteiger partial charge on any atom is 0.248 e. The lowest BCUT2D eigenvalue weighted by atomic mass is 9.94. The van der Waals surface area contributed by atoms with E-state index in [1.807, 2.05) is 45.0 Å². The number of carbonyl (C=O) groups is 1. The Labute approximate surface area is 112 Å². The molecule has 0 saturated heterocycles. The lowest BCUT2D eigenvalue weighted by molar-refractivity contribution is -0.141. The van der Waals surface area contributed by atoms with Gasteiger partial charge >= 0.3 is 0 Å². The van der Waals surface area contributed by atoms with Gasteiger partial charge < -0.3 is 0 Å². The van der Waals surface area contributed by atoms with Crippen molar-refractivity contribution in [3.63, 3.8) is 0 Å². The first-order valence-electron chi connectivity index (χ1n) is 6.01. The molecular weight excluding hydrogens is 248 g/mol. The van der Waals surface area contributed by atoms with Crippen LogP contribution in [-0.2, 0) is 4.79 Å². The Morgan fingerprint density at radius 1 is 1.44 bits per heavy atom. The molecule has 0 radical (unpaired) electrons. The Balaban J connectivity index is 2.27. The number of amides is 1. The minimum atomic E-state index is -0.432. The molecule has 18 heavy (non-hydrogen) atoms. The van der Waals surface area contributed by atoms with Gasteiger partial charge in [0.25, 0.3) is 0 Å². The van der Waals surface area contributed by atoms with Crippen molar-refractivity contribution >= 4 is 23.7 Å². The van der Waals surface area contributed by atoms with Gasteiger partial charge in [-0.2, -0.15) is 5.10 Å². The van der Waals surface area contributed by atoms with Crippen molar-refractivity contribution in [3.05, 3.63) is 34.9 Å². The van der Waals surface area contributed by atoms with Gasteiger partial charge in [-0.3, -0.25) is 4.79 Å². The number of carbonyl (C=O) groups excluding carboxylic acids is 1. The zero-order valence-electron chi connectivity index (χ0n) is 10.9. The van der Waals surface area contributed by atoms with Crippen LogP contribution in [0.1, 0.15) is 38.8 Å². The maximum absolute atomic E-state index is 12.3. The van der Waals surface area contributed by atoms with Crippen molar-refractivity contribution in [3.8, 4) is 0 Å². The second-order valence-corrected chi connectivity index (χ2v) is 5.94. The standard InChI is InChI=1S/C14H17ClN2O/c1-14(2,3)13(18)17-12(7-8-16-17)10-5-4-6-11(15)9-10/h4-6,8-9,12H,7H2,1-3H3. The topological polar surface area (TPSA) is 32.7 Å². The summed E-state index contributed by atoms with van der Waals surface area (Å²) in [6.45, 7) is 5.70. The molecule has 1 unspecified atom stereocenters. The van der Waals surface area contributed by atoms with Crippen LogP contribution in [0.15, 0.2) is 29.4 Å². The molecule has 1 amide bonds. The third kappa shape index (κ3) is 2.56. The maximum atomic E-state index is 12.3. The summed E-state index contributed by atoms with van der Waals surface area (Å²) < 4.78 is 0. The van der Waals surface area contributed by atoms with E-state index in [0.717, 1.165) is 12.0 Å². The highest BCUT2D eigenvalue weighted by atomic mass is 35.5. The molecule has 3 nitrogen and oxygen atoms in total. The van der Waals surface area contributed by atoms with Crippen molar-refractivity contribution in [2.75, 3.05) is 0 Å². The second-order valence-electron chi connectivity index (χ2n) is 5.50. The van der Waals surface area contributed by atoms with E-state index in [9.17, 15) is 4.79 Å². The van der Waals surface area contributed by atoms with E-state index in [0.29, 0.717) is 5.02 Å². The molecule has 4 heteroatoms. The Hall–Kier alpha value is -1.35. The summed E-state index contributed by atoms with van der Waals surface area (Å²) in [5.74, 6) is 0.0289. The highest BCUT2D eigenvalue weighted by Crippen LogP contribution is 2.33. The van der Waals surface area contributed by atoms with E-state index in [2.05, 4.69) is 5.10 Å². The fourth-order valence-corrected chi connectivity index (χ4v) is 2.14.